The lowest BCUT2D eigenvalue weighted by atomic mass is 9.85. The zero-order chi connectivity index (χ0) is 20.4. The summed E-state index contributed by atoms with van der Waals surface area (Å²) in [7, 11) is 3.50. The normalized spacial score (nSPS) is 25.6. The first-order valence-electron chi connectivity index (χ1n) is 9.69. The van der Waals surface area contributed by atoms with Gasteiger partial charge in [0.1, 0.15) is 11.6 Å². The van der Waals surface area contributed by atoms with Crippen LogP contribution in [0.3, 0.4) is 0 Å². The molecular formula is C19H33N3O5. The van der Waals surface area contributed by atoms with E-state index in [1.54, 1.807) is 46.7 Å². The van der Waals surface area contributed by atoms with E-state index in [2.05, 4.69) is 5.32 Å². The molecule has 8 nitrogen and oxygen atoms in total. The highest BCUT2D eigenvalue weighted by Gasteiger charge is 2.47. The maximum absolute atomic E-state index is 12.5. The molecule has 2 rings (SSSR count). The Labute approximate surface area is 161 Å². The molecule has 3 atom stereocenters. The minimum atomic E-state index is -0.764. The van der Waals surface area contributed by atoms with Crippen molar-refractivity contribution in [2.75, 3.05) is 20.7 Å². The molecule has 8 heteroatoms. The lowest BCUT2D eigenvalue weighted by Gasteiger charge is -2.42. The second-order valence-electron chi connectivity index (χ2n) is 8.58. The number of alkyl carbamates (subject to hydrolysis) is 1. The molecular weight excluding hydrogens is 350 g/mol. The molecule has 27 heavy (non-hydrogen) atoms. The van der Waals surface area contributed by atoms with Gasteiger partial charge in [0.15, 0.2) is 0 Å². The molecule has 154 valence electrons. The summed E-state index contributed by atoms with van der Waals surface area (Å²) < 4.78 is 10.5. The topological polar surface area (TPSA) is 88.2 Å². The molecule has 2 fully saturated rings. The molecule has 2 bridgehead atoms. The molecule has 0 saturated carbocycles. The molecule has 2 aliphatic heterocycles. The zero-order valence-corrected chi connectivity index (χ0v) is 17.3. The highest BCUT2D eigenvalue weighted by Crippen LogP contribution is 2.40. The number of amides is 3. The number of urea groups is 1. The molecule has 2 saturated heterocycles. The number of nitrogens with one attached hydrogen (secondary N) is 1. The van der Waals surface area contributed by atoms with E-state index in [1.165, 1.54) is 0 Å². The predicted octanol–water partition coefficient (Wildman–Crippen LogP) is 2.37. The standard InChI is InChI=1S/C19H33N3O5/c1-7-26-16(23)15(20-17(24)27-19(2,3)4)12-10-13-8-9-14(11-12)22(13)18(25)21(5)6/h12-15H,7-11H2,1-6H3,(H,20,24)/t12?,13?,14?,15-/m0/s1. The van der Waals surface area contributed by atoms with Crippen LogP contribution in [0.2, 0.25) is 0 Å². The Morgan fingerprint density at radius 1 is 1.15 bits per heavy atom. The quantitative estimate of drug-likeness (QED) is 0.753. The number of rotatable bonds is 4. The van der Waals surface area contributed by atoms with E-state index >= 15 is 0 Å². The maximum atomic E-state index is 12.5. The van der Waals surface area contributed by atoms with Crippen LogP contribution in [-0.4, -0.2) is 72.3 Å². The molecule has 0 aromatic carbocycles. The van der Waals surface area contributed by atoms with Gasteiger partial charge in [-0.1, -0.05) is 0 Å². The van der Waals surface area contributed by atoms with Crippen LogP contribution in [0, 0.1) is 5.92 Å². The van der Waals surface area contributed by atoms with Gasteiger partial charge in [-0.05, 0) is 59.3 Å². The first-order chi connectivity index (χ1) is 12.5. The monoisotopic (exact) mass is 383 g/mol. The minimum absolute atomic E-state index is 0.00809. The Bertz CT molecular complexity index is 558. The molecule has 0 radical (unpaired) electrons. The molecule has 1 N–H and O–H groups in total. The molecule has 0 spiro atoms. The third kappa shape index (κ3) is 5.26. The third-order valence-electron chi connectivity index (χ3n) is 5.06. The molecule has 3 amide bonds. The fourth-order valence-electron chi connectivity index (χ4n) is 4.07. The van der Waals surface area contributed by atoms with E-state index in [0.717, 1.165) is 12.8 Å². The van der Waals surface area contributed by atoms with Crippen molar-refractivity contribution in [3.05, 3.63) is 0 Å². The summed E-state index contributed by atoms with van der Waals surface area (Å²) >= 11 is 0. The second-order valence-corrected chi connectivity index (χ2v) is 8.58. The summed E-state index contributed by atoms with van der Waals surface area (Å²) in [5.41, 5.74) is -0.649. The van der Waals surface area contributed by atoms with Crippen LogP contribution in [0.4, 0.5) is 9.59 Å². The molecule has 2 heterocycles. The summed E-state index contributed by atoms with van der Waals surface area (Å²) in [5.74, 6) is -0.527. The van der Waals surface area contributed by atoms with Gasteiger partial charge >= 0.3 is 18.1 Å². The van der Waals surface area contributed by atoms with E-state index in [-0.39, 0.29) is 30.6 Å². The van der Waals surface area contributed by atoms with Crippen LogP contribution < -0.4 is 5.32 Å². The van der Waals surface area contributed by atoms with E-state index < -0.39 is 23.7 Å². The van der Waals surface area contributed by atoms with E-state index in [9.17, 15) is 14.4 Å². The maximum Gasteiger partial charge on any atom is 0.408 e. The molecule has 0 aromatic rings. The van der Waals surface area contributed by atoms with Gasteiger partial charge < -0.3 is 24.6 Å². The van der Waals surface area contributed by atoms with Crippen LogP contribution in [0.1, 0.15) is 53.4 Å². The molecule has 2 unspecified atom stereocenters. The number of esters is 1. The Balaban J connectivity index is 2.12. The third-order valence-corrected chi connectivity index (χ3v) is 5.06. The SMILES string of the molecule is CCOC(=O)[C@@H](NC(=O)OC(C)(C)C)C1CC2CCC(C1)N2C(=O)N(C)C. The smallest absolute Gasteiger partial charge is 0.408 e. The van der Waals surface area contributed by atoms with Crippen molar-refractivity contribution in [1.29, 1.82) is 0 Å². The van der Waals surface area contributed by atoms with Gasteiger partial charge in [0.25, 0.3) is 0 Å². The van der Waals surface area contributed by atoms with Crippen molar-refractivity contribution in [3.63, 3.8) is 0 Å². The van der Waals surface area contributed by atoms with Crippen LogP contribution in [0.5, 0.6) is 0 Å². The first-order valence-corrected chi connectivity index (χ1v) is 9.69. The van der Waals surface area contributed by atoms with Gasteiger partial charge in [0.05, 0.1) is 6.61 Å². The van der Waals surface area contributed by atoms with Crippen molar-refractivity contribution in [2.45, 2.75) is 77.1 Å². The van der Waals surface area contributed by atoms with Crippen LogP contribution >= 0.6 is 0 Å². The average molecular weight is 383 g/mol. The molecule has 0 aliphatic carbocycles. The number of hydrogen-bond donors (Lipinski definition) is 1. The van der Waals surface area contributed by atoms with Gasteiger partial charge in [-0.15, -0.1) is 0 Å². The Kier molecular flexibility index (Phi) is 6.59. The highest BCUT2D eigenvalue weighted by atomic mass is 16.6. The average Bonchev–Trinajstić information content (AvgIpc) is 2.80. The second kappa shape index (κ2) is 8.35. The summed E-state index contributed by atoms with van der Waals surface area (Å²) in [5, 5.41) is 2.71. The van der Waals surface area contributed by atoms with Crippen molar-refractivity contribution in [2.24, 2.45) is 5.92 Å². The number of fused-ring (bicyclic) bond motifs is 2. The van der Waals surface area contributed by atoms with Gasteiger partial charge in [0.2, 0.25) is 0 Å². The summed E-state index contributed by atoms with van der Waals surface area (Å²) in [6.07, 6.45) is 2.54. The molecule has 0 aromatic heterocycles. The van der Waals surface area contributed by atoms with E-state index in [0.29, 0.717) is 12.8 Å². The van der Waals surface area contributed by atoms with Crippen molar-refractivity contribution in [1.82, 2.24) is 15.1 Å². The number of carbonyl (C=O) groups excluding carboxylic acids is 3. The van der Waals surface area contributed by atoms with Crippen LogP contribution in [0.25, 0.3) is 0 Å². The van der Waals surface area contributed by atoms with Crippen molar-refractivity contribution >= 4 is 18.1 Å². The Hall–Kier alpha value is -1.99. The first kappa shape index (κ1) is 21.3. The van der Waals surface area contributed by atoms with E-state index in [1.807, 2.05) is 4.90 Å². The lowest BCUT2D eigenvalue weighted by Crippen LogP contribution is -2.56. The fourth-order valence-corrected chi connectivity index (χ4v) is 4.07. The van der Waals surface area contributed by atoms with E-state index in [4.69, 9.17) is 9.47 Å². The van der Waals surface area contributed by atoms with Crippen LogP contribution in [0.15, 0.2) is 0 Å². The van der Waals surface area contributed by atoms with Gasteiger partial charge in [-0.2, -0.15) is 0 Å². The lowest BCUT2D eigenvalue weighted by molar-refractivity contribution is -0.147. The van der Waals surface area contributed by atoms with Gasteiger partial charge in [-0.3, -0.25) is 0 Å². The number of carbonyl (C=O) groups is 3. The summed E-state index contributed by atoms with van der Waals surface area (Å²) in [4.78, 5) is 40.8. The number of hydrogen-bond acceptors (Lipinski definition) is 5. The number of ether oxygens (including phenoxy) is 2. The molecule has 2 aliphatic rings. The summed E-state index contributed by atoms with van der Waals surface area (Å²) in [6.45, 7) is 7.31. The number of piperidine rings is 1. The van der Waals surface area contributed by atoms with Gasteiger partial charge in [-0.25, -0.2) is 14.4 Å². The Morgan fingerprint density at radius 2 is 1.70 bits per heavy atom. The zero-order valence-electron chi connectivity index (χ0n) is 17.3. The largest absolute Gasteiger partial charge is 0.464 e. The van der Waals surface area contributed by atoms with Gasteiger partial charge in [0, 0.05) is 26.2 Å². The van der Waals surface area contributed by atoms with Crippen LogP contribution in [-0.2, 0) is 14.3 Å². The van der Waals surface area contributed by atoms with Crippen molar-refractivity contribution in [3.8, 4) is 0 Å². The Morgan fingerprint density at radius 3 is 2.15 bits per heavy atom. The fraction of sp³-hybridized carbons (Fsp3) is 0.842. The summed E-state index contributed by atoms with van der Waals surface area (Å²) in [6, 6.07) is -0.588. The van der Waals surface area contributed by atoms with Crippen molar-refractivity contribution < 1.29 is 23.9 Å². The minimum Gasteiger partial charge on any atom is -0.464 e. The predicted molar refractivity (Wildman–Crippen MR) is 100 cm³/mol. The highest BCUT2D eigenvalue weighted by molar-refractivity contribution is 5.82. The number of nitrogens with zero attached hydrogens (tertiary/aromatic N) is 2.